The van der Waals surface area contributed by atoms with Crippen LogP contribution in [0.3, 0.4) is 0 Å². The lowest BCUT2D eigenvalue weighted by Crippen LogP contribution is -2.51. The molecule has 1 unspecified atom stereocenters. The molecule has 1 saturated heterocycles. The van der Waals surface area contributed by atoms with Gasteiger partial charge in [-0.15, -0.1) is 0 Å². The first kappa shape index (κ1) is 37.8. The van der Waals surface area contributed by atoms with Gasteiger partial charge in [0, 0.05) is 51.1 Å². The van der Waals surface area contributed by atoms with Crippen LogP contribution in [0.2, 0.25) is 0 Å². The minimum atomic E-state index is -0.677. The second kappa shape index (κ2) is 16.4. The van der Waals surface area contributed by atoms with Crippen LogP contribution in [0, 0.1) is 5.92 Å². The molecule has 2 heterocycles. The van der Waals surface area contributed by atoms with Crippen LogP contribution < -0.4 is 28.7 Å². The third-order valence-electron chi connectivity index (χ3n) is 9.73. The van der Waals surface area contributed by atoms with Crippen molar-refractivity contribution in [1.29, 1.82) is 0 Å². The fraction of sp³-hybridized carbons (Fsp3) is 0.488. The number of ether oxygens (including phenoxy) is 6. The first-order valence-corrected chi connectivity index (χ1v) is 18.3. The molecule has 3 aliphatic rings. The van der Waals surface area contributed by atoms with Gasteiger partial charge in [0.15, 0.2) is 6.61 Å². The molecule has 3 aromatic carbocycles. The number of nitrogens with zero attached hydrogens (tertiary/aromatic N) is 3. The van der Waals surface area contributed by atoms with E-state index >= 15 is 4.79 Å². The number of amides is 3. The molecule has 53 heavy (non-hydrogen) atoms. The number of anilines is 2. The fourth-order valence-electron chi connectivity index (χ4n) is 7.03. The predicted molar refractivity (Wildman–Crippen MR) is 200 cm³/mol. The maximum absolute atomic E-state index is 15.0. The molecule has 0 spiro atoms. The highest BCUT2D eigenvalue weighted by molar-refractivity contribution is 6.01. The Balaban J connectivity index is 1.30. The zero-order valence-electron chi connectivity index (χ0n) is 31.6. The van der Waals surface area contributed by atoms with Gasteiger partial charge in [-0.3, -0.25) is 9.59 Å². The maximum Gasteiger partial charge on any atom is 0.410 e. The first-order chi connectivity index (χ1) is 25.5. The molecule has 2 fully saturated rings. The van der Waals surface area contributed by atoms with E-state index in [-0.39, 0.29) is 36.9 Å². The van der Waals surface area contributed by atoms with E-state index in [1.54, 1.807) is 31.1 Å². The number of rotatable bonds is 13. The summed E-state index contributed by atoms with van der Waals surface area (Å²) < 4.78 is 33.9. The Bertz CT molecular complexity index is 1760. The minimum absolute atomic E-state index is 0.00905. The van der Waals surface area contributed by atoms with Crippen LogP contribution in [0.1, 0.15) is 63.5 Å². The molecule has 6 rings (SSSR count). The quantitative estimate of drug-likeness (QED) is 0.180. The Labute approximate surface area is 311 Å². The summed E-state index contributed by atoms with van der Waals surface area (Å²) in [6.45, 7) is 7.41. The molecule has 2 aliphatic heterocycles. The molecule has 2 atom stereocenters. The van der Waals surface area contributed by atoms with E-state index in [0.717, 1.165) is 24.0 Å². The van der Waals surface area contributed by atoms with Crippen molar-refractivity contribution >= 4 is 29.3 Å². The van der Waals surface area contributed by atoms with E-state index in [0.29, 0.717) is 73.5 Å². The van der Waals surface area contributed by atoms with Crippen LogP contribution in [-0.4, -0.2) is 88.6 Å². The number of benzene rings is 3. The molecule has 3 amide bonds. The standard InChI is InChI=1S/C41H51N3O9/c1-41(2,3)53-40(47)42-17-15-34(28-9-7-10-31(21-28)51-25-27-19-32(49-5)23-33(20-27)50-6)35(24-42)39(46)44(29-11-12-29)30-13-14-37-36(22-30)43(16-8-18-48-4)38(45)26-52-37/h7,9-10,13-14,19-23,29,34-35H,8,11-12,15-18,24-26H2,1-6H3/t34-,35?/m1/s1. The van der Waals surface area contributed by atoms with E-state index in [1.165, 1.54) is 0 Å². The van der Waals surface area contributed by atoms with Gasteiger partial charge < -0.3 is 43.1 Å². The van der Waals surface area contributed by atoms with E-state index in [2.05, 4.69) is 0 Å². The van der Waals surface area contributed by atoms with Crippen molar-refractivity contribution in [2.75, 3.05) is 64.0 Å². The molecular formula is C41H51N3O9. The van der Waals surface area contributed by atoms with Crippen molar-refractivity contribution in [3.8, 4) is 23.0 Å². The van der Waals surface area contributed by atoms with E-state index in [1.807, 2.05) is 86.3 Å². The SMILES string of the molecule is COCCCN1C(=O)COc2ccc(N(C(=O)C3CN(C(=O)OC(C)(C)C)CC[C@@H]3c3cccc(OCc4cc(OC)cc(OC)c4)c3)C3CC3)cc21. The molecule has 0 aromatic heterocycles. The summed E-state index contributed by atoms with van der Waals surface area (Å²) in [5.74, 6) is 1.63. The minimum Gasteiger partial charge on any atom is -0.497 e. The molecule has 12 nitrogen and oxygen atoms in total. The van der Waals surface area contributed by atoms with E-state index in [9.17, 15) is 9.59 Å². The Morgan fingerprint density at radius 1 is 0.925 bits per heavy atom. The molecule has 284 valence electrons. The predicted octanol–water partition coefficient (Wildman–Crippen LogP) is 6.58. The highest BCUT2D eigenvalue weighted by atomic mass is 16.6. The number of piperidine rings is 1. The highest BCUT2D eigenvalue weighted by Gasteiger charge is 2.44. The molecule has 0 radical (unpaired) electrons. The second-order valence-corrected chi connectivity index (χ2v) is 14.8. The van der Waals surface area contributed by atoms with Crippen molar-refractivity contribution in [3.05, 3.63) is 71.8 Å². The summed E-state index contributed by atoms with van der Waals surface area (Å²) in [5.41, 5.74) is 2.51. The molecule has 3 aromatic rings. The Morgan fingerprint density at radius 3 is 2.36 bits per heavy atom. The number of likely N-dealkylation sites (tertiary alicyclic amines) is 1. The first-order valence-electron chi connectivity index (χ1n) is 18.3. The topological polar surface area (TPSA) is 116 Å². The third kappa shape index (κ3) is 9.16. The maximum atomic E-state index is 15.0. The van der Waals surface area contributed by atoms with E-state index < -0.39 is 17.6 Å². The smallest absolute Gasteiger partial charge is 0.410 e. The summed E-state index contributed by atoms with van der Waals surface area (Å²) in [6.07, 6.45) is 2.51. The molecular weight excluding hydrogens is 678 g/mol. The lowest BCUT2D eigenvalue weighted by molar-refractivity contribution is -0.124. The number of carbonyl (C=O) groups is 3. The summed E-state index contributed by atoms with van der Waals surface area (Å²) in [6, 6.07) is 19.1. The van der Waals surface area contributed by atoms with Crippen molar-refractivity contribution < 1.29 is 42.8 Å². The third-order valence-corrected chi connectivity index (χ3v) is 9.73. The number of methoxy groups -OCH3 is 3. The van der Waals surface area contributed by atoms with Gasteiger partial charge in [0.2, 0.25) is 5.91 Å². The zero-order valence-corrected chi connectivity index (χ0v) is 31.6. The lowest BCUT2D eigenvalue weighted by Gasteiger charge is -2.41. The Morgan fingerprint density at radius 2 is 1.68 bits per heavy atom. The van der Waals surface area contributed by atoms with E-state index in [4.69, 9.17) is 28.4 Å². The van der Waals surface area contributed by atoms with Gasteiger partial charge in [0.1, 0.15) is 35.2 Å². The molecule has 0 N–H and O–H groups in total. The summed E-state index contributed by atoms with van der Waals surface area (Å²) in [4.78, 5) is 46.6. The lowest BCUT2D eigenvalue weighted by atomic mass is 9.79. The largest absolute Gasteiger partial charge is 0.497 e. The van der Waals surface area contributed by atoms with Gasteiger partial charge in [-0.05, 0) is 106 Å². The fourth-order valence-corrected chi connectivity index (χ4v) is 7.03. The van der Waals surface area contributed by atoms with Gasteiger partial charge in [0.05, 0.1) is 25.8 Å². The Kier molecular flexibility index (Phi) is 11.7. The van der Waals surface area contributed by atoms with Crippen molar-refractivity contribution in [3.63, 3.8) is 0 Å². The van der Waals surface area contributed by atoms with Gasteiger partial charge in [0.25, 0.3) is 5.91 Å². The molecule has 12 heteroatoms. The van der Waals surface area contributed by atoms with Gasteiger partial charge in [-0.25, -0.2) is 4.79 Å². The summed E-state index contributed by atoms with van der Waals surface area (Å²) in [5, 5.41) is 0. The second-order valence-electron chi connectivity index (χ2n) is 14.8. The summed E-state index contributed by atoms with van der Waals surface area (Å²) >= 11 is 0. The number of hydrogen-bond donors (Lipinski definition) is 0. The average Bonchev–Trinajstić information content (AvgIpc) is 3.99. The number of fused-ring (bicyclic) bond motifs is 1. The number of hydrogen-bond acceptors (Lipinski definition) is 9. The molecule has 1 saturated carbocycles. The van der Waals surface area contributed by atoms with Crippen LogP contribution in [0.15, 0.2) is 60.7 Å². The average molecular weight is 730 g/mol. The molecule has 1 aliphatic carbocycles. The molecule has 0 bridgehead atoms. The van der Waals surface area contributed by atoms with Crippen molar-refractivity contribution in [1.82, 2.24) is 4.90 Å². The van der Waals surface area contributed by atoms with Gasteiger partial charge in [-0.2, -0.15) is 0 Å². The Hall–Kier alpha value is -4.97. The van der Waals surface area contributed by atoms with Crippen LogP contribution in [0.25, 0.3) is 0 Å². The van der Waals surface area contributed by atoms with Crippen LogP contribution >= 0.6 is 0 Å². The van der Waals surface area contributed by atoms with Gasteiger partial charge >= 0.3 is 6.09 Å². The van der Waals surface area contributed by atoms with Crippen molar-refractivity contribution in [2.45, 2.75) is 70.6 Å². The monoisotopic (exact) mass is 729 g/mol. The van der Waals surface area contributed by atoms with Crippen LogP contribution in [0.5, 0.6) is 23.0 Å². The number of carbonyl (C=O) groups excluding carboxylic acids is 3. The normalized spacial score (nSPS) is 18.5. The van der Waals surface area contributed by atoms with Crippen molar-refractivity contribution in [2.24, 2.45) is 5.92 Å². The summed E-state index contributed by atoms with van der Waals surface area (Å²) in [7, 11) is 4.86. The highest BCUT2D eigenvalue weighted by Crippen LogP contribution is 2.43. The van der Waals surface area contributed by atoms with Crippen LogP contribution in [-0.2, 0) is 25.7 Å². The van der Waals surface area contributed by atoms with Gasteiger partial charge in [-0.1, -0.05) is 12.1 Å². The van der Waals surface area contributed by atoms with Crippen LogP contribution in [0.4, 0.5) is 16.2 Å². The zero-order chi connectivity index (χ0) is 37.7.